The Morgan fingerprint density at radius 3 is 2.35 bits per heavy atom. The second kappa shape index (κ2) is 6.39. The zero-order chi connectivity index (χ0) is 15.4. The van der Waals surface area contributed by atoms with Crippen LogP contribution in [-0.4, -0.2) is 51.9 Å². The standard InChI is InChI=1S/C13H24N2O5/c1-12(2,3)20-11(17)14-8-6-13(7-9-14,15(18)19)5-4-10-16/h16H,4-10H2,1-3H3. The van der Waals surface area contributed by atoms with Crippen LogP contribution in [0.15, 0.2) is 0 Å². The highest BCUT2D eigenvalue weighted by molar-refractivity contribution is 5.68. The van der Waals surface area contributed by atoms with Crippen LogP contribution >= 0.6 is 0 Å². The summed E-state index contributed by atoms with van der Waals surface area (Å²) in [7, 11) is 0. The third-order valence-corrected chi connectivity index (χ3v) is 3.53. The predicted octanol–water partition coefficient (Wildman–Crippen LogP) is 1.81. The van der Waals surface area contributed by atoms with E-state index in [1.807, 2.05) is 0 Å². The average molecular weight is 288 g/mol. The van der Waals surface area contributed by atoms with Gasteiger partial charge in [-0.2, -0.15) is 0 Å². The molecule has 1 aliphatic rings. The highest BCUT2D eigenvalue weighted by Crippen LogP contribution is 2.30. The van der Waals surface area contributed by atoms with Gasteiger partial charge in [-0.1, -0.05) is 0 Å². The van der Waals surface area contributed by atoms with Crippen molar-refractivity contribution >= 4 is 6.09 Å². The van der Waals surface area contributed by atoms with Crippen LogP contribution in [0.25, 0.3) is 0 Å². The average Bonchev–Trinajstić information content (AvgIpc) is 2.34. The zero-order valence-corrected chi connectivity index (χ0v) is 12.4. The summed E-state index contributed by atoms with van der Waals surface area (Å²) in [6.45, 7) is 5.96. The summed E-state index contributed by atoms with van der Waals surface area (Å²) in [5.74, 6) is 0. The lowest BCUT2D eigenvalue weighted by Gasteiger charge is -2.36. The Morgan fingerprint density at radius 2 is 1.95 bits per heavy atom. The van der Waals surface area contributed by atoms with Crippen LogP contribution in [0.5, 0.6) is 0 Å². The topological polar surface area (TPSA) is 92.9 Å². The van der Waals surface area contributed by atoms with Crippen LogP contribution in [0, 0.1) is 10.1 Å². The van der Waals surface area contributed by atoms with Gasteiger partial charge >= 0.3 is 6.09 Å². The van der Waals surface area contributed by atoms with Crippen molar-refractivity contribution in [2.24, 2.45) is 0 Å². The molecule has 0 aromatic rings. The fourth-order valence-electron chi connectivity index (χ4n) is 2.36. The van der Waals surface area contributed by atoms with E-state index in [-0.39, 0.29) is 11.5 Å². The van der Waals surface area contributed by atoms with Crippen LogP contribution in [0.3, 0.4) is 0 Å². The first-order chi connectivity index (χ1) is 9.20. The van der Waals surface area contributed by atoms with Crippen molar-refractivity contribution in [3.63, 3.8) is 0 Å². The van der Waals surface area contributed by atoms with Crippen molar-refractivity contribution in [2.75, 3.05) is 19.7 Å². The van der Waals surface area contributed by atoms with Crippen LogP contribution in [-0.2, 0) is 4.74 Å². The summed E-state index contributed by atoms with van der Waals surface area (Å²) in [4.78, 5) is 24.4. The van der Waals surface area contributed by atoms with Gasteiger partial charge in [0.25, 0.3) is 0 Å². The third kappa shape index (κ3) is 4.33. The van der Waals surface area contributed by atoms with E-state index < -0.39 is 17.2 Å². The lowest BCUT2D eigenvalue weighted by Crippen LogP contribution is -2.51. The van der Waals surface area contributed by atoms with Crippen LogP contribution in [0.1, 0.15) is 46.5 Å². The maximum absolute atomic E-state index is 11.9. The molecule has 20 heavy (non-hydrogen) atoms. The molecule has 0 aromatic carbocycles. The van der Waals surface area contributed by atoms with E-state index in [0.29, 0.717) is 38.8 Å². The Hall–Kier alpha value is -1.37. The number of carbonyl (C=O) groups excluding carboxylic acids is 1. The Bertz CT molecular complexity index is 356. The van der Waals surface area contributed by atoms with E-state index in [1.165, 1.54) is 4.90 Å². The van der Waals surface area contributed by atoms with Crippen molar-refractivity contribution in [1.29, 1.82) is 0 Å². The number of likely N-dealkylation sites (tertiary alicyclic amines) is 1. The van der Waals surface area contributed by atoms with E-state index >= 15 is 0 Å². The van der Waals surface area contributed by atoms with E-state index in [0.717, 1.165) is 0 Å². The summed E-state index contributed by atoms with van der Waals surface area (Å²) in [5.41, 5.74) is -1.58. The number of amides is 1. The molecule has 7 nitrogen and oxygen atoms in total. The predicted molar refractivity (Wildman–Crippen MR) is 73.1 cm³/mol. The molecule has 0 aromatic heterocycles. The summed E-state index contributed by atoms with van der Waals surface area (Å²) in [6.07, 6.45) is 0.946. The quantitative estimate of drug-likeness (QED) is 0.629. The number of ether oxygens (including phenoxy) is 1. The Morgan fingerprint density at radius 1 is 1.40 bits per heavy atom. The maximum Gasteiger partial charge on any atom is 0.410 e. The van der Waals surface area contributed by atoms with Gasteiger partial charge in [0.05, 0.1) is 0 Å². The van der Waals surface area contributed by atoms with Gasteiger partial charge in [0.15, 0.2) is 0 Å². The Labute approximate surface area is 119 Å². The van der Waals surface area contributed by atoms with Crippen LogP contribution < -0.4 is 0 Å². The number of hydrogen-bond donors (Lipinski definition) is 1. The normalized spacial score (nSPS) is 18.7. The lowest BCUT2D eigenvalue weighted by atomic mass is 9.84. The molecular weight excluding hydrogens is 264 g/mol. The van der Waals surface area contributed by atoms with Crippen molar-refractivity contribution in [3.8, 4) is 0 Å². The molecule has 0 radical (unpaired) electrons. The number of piperidine rings is 1. The maximum atomic E-state index is 11.9. The number of aliphatic hydroxyl groups is 1. The number of nitro groups is 1. The molecule has 0 atom stereocenters. The first-order valence-electron chi connectivity index (χ1n) is 6.93. The molecule has 1 aliphatic heterocycles. The van der Waals surface area contributed by atoms with Crippen molar-refractivity contribution < 1.29 is 19.6 Å². The number of carbonyl (C=O) groups is 1. The molecule has 1 N–H and O–H groups in total. The largest absolute Gasteiger partial charge is 0.444 e. The van der Waals surface area contributed by atoms with Crippen molar-refractivity contribution in [2.45, 2.75) is 57.6 Å². The minimum absolute atomic E-state index is 0.0502. The van der Waals surface area contributed by atoms with Gasteiger partial charge in [-0.15, -0.1) is 0 Å². The van der Waals surface area contributed by atoms with Crippen molar-refractivity contribution in [1.82, 2.24) is 4.90 Å². The second-order valence-corrected chi connectivity index (χ2v) is 6.28. The summed E-state index contributed by atoms with van der Waals surface area (Å²) >= 11 is 0. The summed E-state index contributed by atoms with van der Waals surface area (Å²) in [6, 6.07) is 0. The number of nitrogens with zero attached hydrogens (tertiary/aromatic N) is 2. The van der Waals surface area contributed by atoms with Gasteiger partial charge in [0, 0.05) is 43.9 Å². The van der Waals surface area contributed by atoms with Gasteiger partial charge in [0.2, 0.25) is 5.54 Å². The van der Waals surface area contributed by atoms with Gasteiger partial charge in [-0.05, 0) is 27.2 Å². The second-order valence-electron chi connectivity index (χ2n) is 6.28. The smallest absolute Gasteiger partial charge is 0.410 e. The molecule has 1 fully saturated rings. The van der Waals surface area contributed by atoms with E-state index in [2.05, 4.69) is 0 Å². The SMILES string of the molecule is CC(C)(C)OC(=O)N1CCC(CCCO)([N+](=O)[O-])CC1. The third-order valence-electron chi connectivity index (χ3n) is 3.53. The molecule has 0 saturated carbocycles. The minimum atomic E-state index is -1.01. The molecule has 1 rings (SSSR count). The number of hydrogen-bond acceptors (Lipinski definition) is 5. The highest BCUT2D eigenvalue weighted by Gasteiger charge is 2.46. The lowest BCUT2D eigenvalue weighted by molar-refractivity contribution is -0.576. The molecule has 0 bridgehead atoms. The molecule has 1 heterocycles. The molecular formula is C13H24N2O5. The molecule has 0 spiro atoms. The van der Waals surface area contributed by atoms with Gasteiger partial charge in [-0.25, -0.2) is 4.79 Å². The molecule has 1 saturated heterocycles. The van der Waals surface area contributed by atoms with Crippen LogP contribution in [0.2, 0.25) is 0 Å². The van der Waals surface area contributed by atoms with Gasteiger partial charge < -0.3 is 14.7 Å². The fourth-order valence-corrected chi connectivity index (χ4v) is 2.36. The molecule has 0 unspecified atom stereocenters. The van der Waals surface area contributed by atoms with Gasteiger partial charge in [-0.3, -0.25) is 10.1 Å². The van der Waals surface area contributed by atoms with E-state index in [9.17, 15) is 14.9 Å². The first kappa shape index (κ1) is 16.7. The Kier molecular flexibility index (Phi) is 5.33. The monoisotopic (exact) mass is 288 g/mol. The van der Waals surface area contributed by atoms with E-state index in [4.69, 9.17) is 9.84 Å². The number of aliphatic hydroxyl groups excluding tert-OH is 1. The Balaban J connectivity index is 2.60. The fraction of sp³-hybridized carbons (Fsp3) is 0.923. The molecule has 1 amide bonds. The van der Waals surface area contributed by atoms with Crippen LogP contribution in [0.4, 0.5) is 4.79 Å². The van der Waals surface area contributed by atoms with Gasteiger partial charge in [0.1, 0.15) is 5.60 Å². The summed E-state index contributed by atoms with van der Waals surface area (Å²) in [5, 5.41) is 20.1. The first-order valence-corrected chi connectivity index (χ1v) is 6.93. The van der Waals surface area contributed by atoms with Crippen molar-refractivity contribution in [3.05, 3.63) is 10.1 Å². The zero-order valence-electron chi connectivity index (χ0n) is 12.4. The molecule has 116 valence electrons. The molecule has 0 aliphatic carbocycles. The number of rotatable bonds is 4. The van der Waals surface area contributed by atoms with E-state index in [1.54, 1.807) is 20.8 Å². The summed E-state index contributed by atoms with van der Waals surface area (Å²) < 4.78 is 5.26. The minimum Gasteiger partial charge on any atom is -0.444 e. The molecule has 7 heteroatoms. The highest BCUT2D eigenvalue weighted by atomic mass is 16.6.